The molecule has 4 heteroatoms. The molecule has 1 aliphatic heterocycles. The van der Waals surface area contributed by atoms with Crippen LogP contribution in [0.4, 0.5) is 0 Å². The molecule has 0 atom stereocenters. The summed E-state index contributed by atoms with van der Waals surface area (Å²) in [6.45, 7) is 0.958. The van der Waals surface area contributed by atoms with E-state index in [0.29, 0.717) is 0 Å². The fourth-order valence-electron chi connectivity index (χ4n) is 3.05. The molecule has 0 fully saturated rings. The fraction of sp³-hybridized carbons (Fsp3) is 0.286. The first-order valence-corrected chi connectivity index (χ1v) is 8.47. The number of carboxylic acid groups (broad SMARTS) is 1. The van der Waals surface area contributed by atoms with Crippen LogP contribution < -0.4 is 4.74 Å². The van der Waals surface area contributed by atoms with Crippen molar-refractivity contribution in [3.63, 3.8) is 0 Å². The highest BCUT2D eigenvalue weighted by Crippen LogP contribution is 2.34. The predicted molar refractivity (Wildman–Crippen MR) is 98.8 cm³/mol. The lowest BCUT2D eigenvalue weighted by Crippen LogP contribution is -2.12. The Morgan fingerprint density at radius 2 is 2.00 bits per heavy atom. The first kappa shape index (κ1) is 17.2. The summed E-state index contributed by atoms with van der Waals surface area (Å²) in [6, 6.07) is 13.9. The van der Waals surface area contributed by atoms with E-state index in [-0.39, 0.29) is 6.42 Å². The molecule has 1 N–H and O–H groups in total. The van der Waals surface area contributed by atoms with Gasteiger partial charge in [-0.2, -0.15) is 0 Å². The van der Waals surface area contributed by atoms with Crippen LogP contribution in [-0.2, 0) is 17.6 Å². The number of carbonyl (C=O) groups is 1. The highest BCUT2D eigenvalue weighted by molar-refractivity contribution is 5.71. The summed E-state index contributed by atoms with van der Waals surface area (Å²) in [5.41, 5.74) is 4.14. The van der Waals surface area contributed by atoms with Crippen LogP contribution in [0.5, 0.6) is 5.75 Å². The first-order chi connectivity index (χ1) is 12.0. The normalized spacial score (nSPS) is 14.6. The van der Waals surface area contributed by atoms with Crippen molar-refractivity contribution in [1.29, 1.82) is 0 Å². The van der Waals surface area contributed by atoms with Crippen molar-refractivity contribution in [3.05, 3.63) is 70.8 Å². The first-order valence-electron chi connectivity index (χ1n) is 8.47. The number of aliphatic carboxylic acids is 1. The molecule has 0 amide bonds. The monoisotopic (exact) mass is 337 g/mol. The predicted octanol–water partition coefficient (Wildman–Crippen LogP) is 3.59. The summed E-state index contributed by atoms with van der Waals surface area (Å²) in [6.07, 6.45) is 3.81. The molecule has 2 aromatic rings. The van der Waals surface area contributed by atoms with Crippen molar-refractivity contribution in [3.8, 4) is 5.75 Å². The summed E-state index contributed by atoms with van der Waals surface area (Å²) >= 11 is 0. The Morgan fingerprint density at radius 1 is 1.20 bits per heavy atom. The van der Waals surface area contributed by atoms with Crippen LogP contribution in [-0.4, -0.2) is 36.6 Å². The van der Waals surface area contributed by atoms with Gasteiger partial charge in [-0.05, 0) is 49.3 Å². The third-order valence-corrected chi connectivity index (χ3v) is 4.27. The van der Waals surface area contributed by atoms with E-state index in [0.717, 1.165) is 47.6 Å². The molecule has 0 aromatic heterocycles. The minimum Gasteiger partial charge on any atom is -0.481 e. The van der Waals surface area contributed by atoms with Gasteiger partial charge in [0.2, 0.25) is 0 Å². The van der Waals surface area contributed by atoms with Gasteiger partial charge in [0.15, 0.2) is 0 Å². The highest BCUT2D eigenvalue weighted by atomic mass is 16.5. The van der Waals surface area contributed by atoms with E-state index in [9.17, 15) is 4.79 Å². The number of hydrogen-bond donors (Lipinski definition) is 1. The van der Waals surface area contributed by atoms with E-state index in [1.165, 1.54) is 5.56 Å². The number of benzene rings is 2. The van der Waals surface area contributed by atoms with Gasteiger partial charge in [0.1, 0.15) is 11.5 Å². The molecule has 3 rings (SSSR count). The Labute approximate surface area is 148 Å². The molecule has 0 saturated heterocycles. The van der Waals surface area contributed by atoms with E-state index in [4.69, 9.17) is 9.84 Å². The minimum absolute atomic E-state index is 0.0282. The number of ether oxygens (including phenoxy) is 1. The molecule has 1 aliphatic rings. The molecule has 25 heavy (non-hydrogen) atoms. The lowest BCUT2D eigenvalue weighted by molar-refractivity contribution is -0.136. The zero-order valence-corrected chi connectivity index (χ0v) is 14.7. The second kappa shape index (κ2) is 7.53. The molecule has 2 aromatic carbocycles. The van der Waals surface area contributed by atoms with Gasteiger partial charge in [0.05, 0.1) is 6.42 Å². The van der Waals surface area contributed by atoms with Crippen LogP contribution in [0.3, 0.4) is 0 Å². The zero-order chi connectivity index (χ0) is 17.8. The number of carboxylic acids is 1. The summed E-state index contributed by atoms with van der Waals surface area (Å²) in [4.78, 5) is 13.1. The van der Waals surface area contributed by atoms with E-state index < -0.39 is 5.97 Å². The second-order valence-electron chi connectivity index (χ2n) is 6.61. The van der Waals surface area contributed by atoms with Crippen LogP contribution in [0.25, 0.3) is 5.76 Å². The van der Waals surface area contributed by atoms with Gasteiger partial charge in [-0.25, -0.2) is 0 Å². The number of nitrogens with zero attached hydrogens (tertiary/aromatic N) is 1. The SMILES string of the molecule is CN(C)CCC=C1Oc2ccc(CC(=O)O)cc2Cc2ccccc21. The molecule has 130 valence electrons. The smallest absolute Gasteiger partial charge is 0.307 e. The zero-order valence-electron chi connectivity index (χ0n) is 14.7. The third-order valence-electron chi connectivity index (χ3n) is 4.27. The van der Waals surface area contributed by atoms with Crippen molar-refractivity contribution >= 4 is 11.7 Å². The number of rotatable bonds is 5. The molecule has 0 radical (unpaired) electrons. The summed E-state index contributed by atoms with van der Waals surface area (Å²) in [5.74, 6) is 0.864. The molecule has 0 aliphatic carbocycles. The van der Waals surface area contributed by atoms with Crippen LogP contribution in [0.15, 0.2) is 48.5 Å². The third kappa shape index (κ3) is 4.28. The lowest BCUT2D eigenvalue weighted by atomic mass is 9.97. The molecule has 0 saturated carbocycles. The molecular weight excluding hydrogens is 314 g/mol. The summed E-state index contributed by atoms with van der Waals surface area (Å²) in [5, 5.41) is 9.02. The average molecular weight is 337 g/mol. The van der Waals surface area contributed by atoms with E-state index in [1.807, 2.05) is 30.3 Å². The molecule has 0 spiro atoms. The minimum atomic E-state index is -0.820. The summed E-state index contributed by atoms with van der Waals surface area (Å²) in [7, 11) is 4.11. The largest absolute Gasteiger partial charge is 0.481 e. The average Bonchev–Trinajstić information content (AvgIpc) is 2.70. The lowest BCUT2D eigenvalue weighted by Gasteiger charge is -2.12. The highest BCUT2D eigenvalue weighted by Gasteiger charge is 2.18. The van der Waals surface area contributed by atoms with Gasteiger partial charge in [0.25, 0.3) is 0 Å². The Morgan fingerprint density at radius 3 is 2.76 bits per heavy atom. The maximum absolute atomic E-state index is 11.0. The number of hydrogen-bond acceptors (Lipinski definition) is 3. The van der Waals surface area contributed by atoms with Gasteiger partial charge in [0, 0.05) is 18.5 Å². The van der Waals surface area contributed by atoms with Crippen molar-refractivity contribution in [1.82, 2.24) is 4.90 Å². The Hall–Kier alpha value is -2.59. The molecule has 4 nitrogen and oxygen atoms in total. The fourth-order valence-corrected chi connectivity index (χ4v) is 3.05. The van der Waals surface area contributed by atoms with Crippen LogP contribution in [0.1, 0.15) is 28.7 Å². The molecule has 0 unspecified atom stereocenters. The van der Waals surface area contributed by atoms with Crippen molar-refractivity contribution < 1.29 is 14.6 Å². The maximum atomic E-state index is 11.0. The van der Waals surface area contributed by atoms with Gasteiger partial charge >= 0.3 is 5.97 Å². The van der Waals surface area contributed by atoms with Crippen LogP contribution >= 0.6 is 0 Å². The van der Waals surface area contributed by atoms with E-state index >= 15 is 0 Å². The van der Waals surface area contributed by atoms with Gasteiger partial charge in [-0.1, -0.05) is 36.4 Å². The molecule has 0 bridgehead atoms. The molecule has 1 heterocycles. The van der Waals surface area contributed by atoms with Crippen LogP contribution in [0, 0.1) is 0 Å². The topological polar surface area (TPSA) is 49.8 Å². The molecular formula is C21H23NO3. The van der Waals surface area contributed by atoms with Crippen molar-refractivity contribution in [2.75, 3.05) is 20.6 Å². The number of fused-ring (bicyclic) bond motifs is 2. The van der Waals surface area contributed by atoms with E-state index in [1.54, 1.807) is 0 Å². The van der Waals surface area contributed by atoms with E-state index in [2.05, 4.69) is 37.2 Å². The van der Waals surface area contributed by atoms with Gasteiger partial charge < -0.3 is 14.7 Å². The quantitative estimate of drug-likeness (QED) is 0.906. The van der Waals surface area contributed by atoms with Crippen molar-refractivity contribution in [2.24, 2.45) is 0 Å². The second-order valence-corrected chi connectivity index (χ2v) is 6.61. The Balaban J connectivity index is 1.97. The van der Waals surface area contributed by atoms with Crippen LogP contribution in [0.2, 0.25) is 0 Å². The standard InChI is InChI=1S/C21H23NO3/c1-22(2)11-5-8-20-18-7-4-3-6-16(18)14-17-12-15(13-21(23)24)9-10-19(17)25-20/h3-4,6-10,12H,5,11,13-14H2,1-2H3,(H,23,24). The van der Waals surface area contributed by atoms with Gasteiger partial charge in [-0.3, -0.25) is 4.79 Å². The Kier molecular flexibility index (Phi) is 5.19. The summed E-state index contributed by atoms with van der Waals surface area (Å²) < 4.78 is 6.22. The maximum Gasteiger partial charge on any atom is 0.307 e. The van der Waals surface area contributed by atoms with Gasteiger partial charge in [-0.15, -0.1) is 0 Å². The Bertz CT molecular complexity index is 809. The van der Waals surface area contributed by atoms with Crippen molar-refractivity contribution in [2.45, 2.75) is 19.3 Å².